The molecule has 1 fully saturated rings. The van der Waals surface area contributed by atoms with Crippen molar-refractivity contribution in [2.45, 2.75) is 25.4 Å². The zero-order valence-electron chi connectivity index (χ0n) is 9.40. The van der Waals surface area contributed by atoms with Gasteiger partial charge in [0.15, 0.2) is 0 Å². The second-order valence-corrected chi connectivity index (χ2v) is 6.28. The highest BCUT2D eigenvalue weighted by Gasteiger charge is 2.35. The van der Waals surface area contributed by atoms with Crippen LogP contribution < -0.4 is 5.73 Å². The second kappa shape index (κ2) is 4.78. The van der Waals surface area contributed by atoms with Gasteiger partial charge in [-0.05, 0) is 19.8 Å². The summed E-state index contributed by atoms with van der Waals surface area (Å²) in [7, 11) is -1.56. The summed E-state index contributed by atoms with van der Waals surface area (Å²) in [6, 6.07) is 0. The summed E-state index contributed by atoms with van der Waals surface area (Å²) in [5, 5.41) is 0. The monoisotopic (exact) mass is 236 g/mol. The van der Waals surface area contributed by atoms with E-state index in [9.17, 15) is 8.42 Å². The SMILES string of the molecule is COC1(C)CCCN(S(=O)(=O)CCN)C1. The normalized spacial score (nSPS) is 29.3. The maximum Gasteiger partial charge on any atom is 0.215 e. The third-order valence-electron chi connectivity index (χ3n) is 2.89. The highest BCUT2D eigenvalue weighted by atomic mass is 32.2. The Bertz CT molecular complexity index is 304. The molecule has 1 rings (SSSR count). The third kappa shape index (κ3) is 3.14. The van der Waals surface area contributed by atoms with Crippen molar-refractivity contribution >= 4 is 10.0 Å². The van der Waals surface area contributed by atoms with Crippen LogP contribution >= 0.6 is 0 Å². The van der Waals surface area contributed by atoms with Gasteiger partial charge in [-0.2, -0.15) is 4.31 Å². The molecule has 1 unspecified atom stereocenters. The summed E-state index contributed by atoms with van der Waals surface area (Å²) >= 11 is 0. The average molecular weight is 236 g/mol. The van der Waals surface area contributed by atoms with Crippen molar-refractivity contribution in [2.75, 3.05) is 32.5 Å². The van der Waals surface area contributed by atoms with Crippen LogP contribution in [0.1, 0.15) is 19.8 Å². The summed E-state index contributed by atoms with van der Waals surface area (Å²) in [5.41, 5.74) is 4.94. The number of rotatable bonds is 4. The van der Waals surface area contributed by atoms with E-state index in [0.717, 1.165) is 12.8 Å². The minimum absolute atomic E-state index is 0.0206. The van der Waals surface area contributed by atoms with Crippen LogP contribution in [0, 0.1) is 0 Å². The summed E-state index contributed by atoms with van der Waals surface area (Å²) in [5.74, 6) is 0.0206. The van der Waals surface area contributed by atoms with E-state index in [2.05, 4.69) is 0 Å². The summed E-state index contributed by atoms with van der Waals surface area (Å²) < 4.78 is 30.4. The lowest BCUT2D eigenvalue weighted by Gasteiger charge is -2.38. The smallest absolute Gasteiger partial charge is 0.215 e. The van der Waals surface area contributed by atoms with Crippen LogP contribution in [-0.4, -0.2) is 50.8 Å². The number of piperidine rings is 1. The zero-order chi connectivity index (χ0) is 11.5. The Morgan fingerprint density at radius 1 is 1.53 bits per heavy atom. The van der Waals surface area contributed by atoms with E-state index in [-0.39, 0.29) is 17.9 Å². The fourth-order valence-corrected chi connectivity index (χ4v) is 3.28. The van der Waals surface area contributed by atoms with E-state index >= 15 is 0 Å². The molecule has 1 aliphatic heterocycles. The molecular formula is C9H20N2O3S. The Kier molecular flexibility index (Phi) is 4.11. The molecule has 6 heteroatoms. The molecule has 0 aromatic rings. The van der Waals surface area contributed by atoms with E-state index in [4.69, 9.17) is 10.5 Å². The molecule has 0 saturated carbocycles. The molecule has 1 saturated heterocycles. The predicted molar refractivity (Wildman–Crippen MR) is 59.1 cm³/mol. The Morgan fingerprint density at radius 3 is 2.73 bits per heavy atom. The molecular weight excluding hydrogens is 216 g/mol. The first-order valence-electron chi connectivity index (χ1n) is 5.16. The zero-order valence-corrected chi connectivity index (χ0v) is 10.2. The van der Waals surface area contributed by atoms with Gasteiger partial charge in [0.05, 0.1) is 11.4 Å². The molecule has 15 heavy (non-hydrogen) atoms. The first kappa shape index (κ1) is 12.9. The van der Waals surface area contributed by atoms with Gasteiger partial charge in [-0.3, -0.25) is 0 Å². The van der Waals surface area contributed by atoms with Gasteiger partial charge in [0.2, 0.25) is 10.0 Å². The van der Waals surface area contributed by atoms with Gasteiger partial charge in [-0.15, -0.1) is 0 Å². The molecule has 0 aromatic heterocycles. The van der Waals surface area contributed by atoms with E-state index in [0.29, 0.717) is 13.1 Å². The van der Waals surface area contributed by atoms with Crippen LogP contribution in [0.25, 0.3) is 0 Å². The van der Waals surface area contributed by atoms with Crippen molar-refractivity contribution < 1.29 is 13.2 Å². The molecule has 1 aliphatic rings. The lowest BCUT2D eigenvalue weighted by molar-refractivity contribution is -0.0319. The molecule has 0 bridgehead atoms. The number of ether oxygens (including phenoxy) is 1. The minimum Gasteiger partial charge on any atom is -0.377 e. The van der Waals surface area contributed by atoms with E-state index < -0.39 is 10.0 Å². The van der Waals surface area contributed by atoms with Crippen molar-refractivity contribution in [3.05, 3.63) is 0 Å². The van der Waals surface area contributed by atoms with Crippen molar-refractivity contribution in [3.8, 4) is 0 Å². The quantitative estimate of drug-likeness (QED) is 0.732. The molecule has 1 heterocycles. The molecule has 5 nitrogen and oxygen atoms in total. The Labute approximate surface area is 91.6 Å². The summed E-state index contributed by atoms with van der Waals surface area (Å²) in [6.45, 7) is 3.13. The van der Waals surface area contributed by atoms with Crippen LogP contribution in [0.2, 0.25) is 0 Å². The highest BCUT2D eigenvalue weighted by Crippen LogP contribution is 2.25. The minimum atomic E-state index is -3.19. The maximum absolute atomic E-state index is 11.8. The predicted octanol–water partition coefficient (Wildman–Crippen LogP) is -0.224. The van der Waals surface area contributed by atoms with Gasteiger partial charge in [-0.25, -0.2) is 8.42 Å². The lowest BCUT2D eigenvalue weighted by Crippen LogP contribution is -2.50. The van der Waals surface area contributed by atoms with Gasteiger partial charge in [-0.1, -0.05) is 0 Å². The fourth-order valence-electron chi connectivity index (χ4n) is 1.84. The van der Waals surface area contributed by atoms with Gasteiger partial charge < -0.3 is 10.5 Å². The summed E-state index contributed by atoms with van der Waals surface area (Å²) in [6.07, 6.45) is 1.74. The number of sulfonamides is 1. The van der Waals surface area contributed by atoms with Crippen LogP contribution in [0.5, 0.6) is 0 Å². The topological polar surface area (TPSA) is 72.6 Å². The van der Waals surface area contributed by atoms with E-state index in [1.165, 1.54) is 4.31 Å². The molecule has 0 radical (unpaired) electrons. The first-order chi connectivity index (χ1) is 6.93. The Morgan fingerprint density at radius 2 is 2.20 bits per heavy atom. The molecule has 90 valence electrons. The van der Waals surface area contributed by atoms with E-state index in [1.54, 1.807) is 7.11 Å². The second-order valence-electron chi connectivity index (χ2n) is 4.20. The van der Waals surface area contributed by atoms with Crippen molar-refractivity contribution in [1.82, 2.24) is 4.31 Å². The number of hydrogen-bond donors (Lipinski definition) is 1. The Hall–Kier alpha value is -0.170. The maximum atomic E-state index is 11.8. The highest BCUT2D eigenvalue weighted by molar-refractivity contribution is 7.89. The van der Waals surface area contributed by atoms with Gasteiger partial charge in [0.25, 0.3) is 0 Å². The van der Waals surface area contributed by atoms with Crippen LogP contribution in [0.4, 0.5) is 0 Å². The van der Waals surface area contributed by atoms with E-state index in [1.807, 2.05) is 6.92 Å². The number of nitrogens with two attached hydrogens (primary N) is 1. The number of hydrogen-bond acceptors (Lipinski definition) is 4. The van der Waals surface area contributed by atoms with Gasteiger partial charge in [0.1, 0.15) is 0 Å². The van der Waals surface area contributed by atoms with Gasteiger partial charge >= 0.3 is 0 Å². The largest absolute Gasteiger partial charge is 0.377 e. The molecule has 1 atom stereocenters. The van der Waals surface area contributed by atoms with Gasteiger partial charge in [0, 0.05) is 26.7 Å². The Balaban J connectivity index is 2.72. The van der Waals surface area contributed by atoms with Crippen LogP contribution in [0.15, 0.2) is 0 Å². The van der Waals surface area contributed by atoms with Crippen molar-refractivity contribution in [1.29, 1.82) is 0 Å². The molecule has 0 aromatic carbocycles. The molecule has 0 aliphatic carbocycles. The number of nitrogens with zero attached hydrogens (tertiary/aromatic N) is 1. The van der Waals surface area contributed by atoms with Crippen LogP contribution in [0.3, 0.4) is 0 Å². The fraction of sp³-hybridized carbons (Fsp3) is 1.00. The number of methoxy groups -OCH3 is 1. The van der Waals surface area contributed by atoms with Crippen molar-refractivity contribution in [2.24, 2.45) is 5.73 Å². The standard InChI is InChI=1S/C9H20N2O3S/c1-9(14-2)4-3-6-11(8-9)15(12,13)7-5-10/h3-8,10H2,1-2H3. The van der Waals surface area contributed by atoms with Crippen LogP contribution in [-0.2, 0) is 14.8 Å². The molecule has 0 spiro atoms. The van der Waals surface area contributed by atoms with Crippen molar-refractivity contribution in [3.63, 3.8) is 0 Å². The summed E-state index contributed by atoms with van der Waals surface area (Å²) in [4.78, 5) is 0. The third-order valence-corrected chi connectivity index (χ3v) is 4.74. The molecule has 0 amide bonds. The first-order valence-corrected chi connectivity index (χ1v) is 6.77. The average Bonchev–Trinajstić information content (AvgIpc) is 2.18. The molecule has 2 N–H and O–H groups in total. The lowest BCUT2D eigenvalue weighted by atomic mass is 9.96.